The zero-order chi connectivity index (χ0) is 14.0. The van der Waals surface area contributed by atoms with Crippen molar-refractivity contribution in [3.05, 3.63) is 0 Å². The second-order valence-corrected chi connectivity index (χ2v) is 7.90. The van der Waals surface area contributed by atoms with Crippen LogP contribution in [0.25, 0.3) is 0 Å². The molecule has 5 nitrogen and oxygen atoms in total. The molecule has 1 saturated heterocycles. The zero-order valence-corrected chi connectivity index (χ0v) is 12.6. The summed E-state index contributed by atoms with van der Waals surface area (Å²) in [5, 5.41) is 8.69. The van der Waals surface area contributed by atoms with Crippen molar-refractivity contribution in [3.8, 4) is 6.07 Å². The minimum absolute atomic E-state index is 0.130. The van der Waals surface area contributed by atoms with Gasteiger partial charge in [-0.25, -0.2) is 0 Å². The van der Waals surface area contributed by atoms with E-state index in [4.69, 9.17) is 5.26 Å². The van der Waals surface area contributed by atoms with Crippen molar-refractivity contribution in [2.75, 3.05) is 19.6 Å². The van der Waals surface area contributed by atoms with Crippen LogP contribution in [0, 0.1) is 23.2 Å². The van der Waals surface area contributed by atoms with E-state index in [-0.39, 0.29) is 12.5 Å². The van der Waals surface area contributed by atoms with Gasteiger partial charge in [0.05, 0.1) is 6.07 Å². The number of rotatable bonds is 5. The van der Waals surface area contributed by atoms with Gasteiger partial charge in [-0.05, 0) is 31.1 Å². The molecule has 1 saturated carbocycles. The molecule has 0 spiro atoms. The molecule has 1 heterocycles. The van der Waals surface area contributed by atoms with Gasteiger partial charge in [0.15, 0.2) is 0 Å². The summed E-state index contributed by atoms with van der Waals surface area (Å²) in [7, 11) is -3.38. The van der Waals surface area contributed by atoms with Crippen molar-refractivity contribution in [2.24, 2.45) is 11.8 Å². The lowest BCUT2D eigenvalue weighted by atomic mass is 9.94. The van der Waals surface area contributed by atoms with E-state index in [1.807, 2.05) is 6.07 Å². The van der Waals surface area contributed by atoms with Gasteiger partial charge in [0.2, 0.25) is 0 Å². The maximum absolute atomic E-state index is 12.7. The Labute approximate surface area is 116 Å². The standard InChI is InChI=1S/C13H23N3O2S/c1-11-8-12(2)10-15(9-11)19(17,18)16(7-3-6-14)13-4-5-13/h11-13H,3-5,7-10H2,1-2H3. The molecule has 0 amide bonds. The summed E-state index contributed by atoms with van der Waals surface area (Å²) < 4.78 is 28.6. The molecule has 0 aromatic carbocycles. The molecule has 2 unspecified atom stereocenters. The second kappa shape index (κ2) is 5.78. The Morgan fingerprint density at radius 3 is 2.32 bits per heavy atom. The lowest BCUT2D eigenvalue weighted by Gasteiger charge is -2.37. The van der Waals surface area contributed by atoms with Gasteiger partial charge in [0.25, 0.3) is 10.2 Å². The first-order valence-electron chi connectivity index (χ1n) is 7.09. The fourth-order valence-electron chi connectivity index (χ4n) is 2.95. The lowest BCUT2D eigenvalue weighted by Crippen LogP contribution is -2.50. The summed E-state index contributed by atoms with van der Waals surface area (Å²) in [4.78, 5) is 0. The van der Waals surface area contributed by atoms with Crippen molar-refractivity contribution < 1.29 is 8.42 Å². The molecule has 0 bridgehead atoms. The van der Waals surface area contributed by atoms with E-state index in [0.717, 1.165) is 19.3 Å². The van der Waals surface area contributed by atoms with Gasteiger partial charge in [-0.3, -0.25) is 0 Å². The third-order valence-corrected chi connectivity index (χ3v) is 5.88. The third-order valence-electron chi connectivity index (χ3n) is 3.86. The van der Waals surface area contributed by atoms with E-state index in [9.17, 15) is 8.42 Å². The molecular weight excluding hydrogens is 262 g/mol. The Morgan fingerprint density at radius 1 is 1.26 bits per heavy atom. The van der Waals surface area contributed by atoms with Crippen LogP contribution < -0.4 is 0 Å². The number of piperidine rings is 1. The third kappa shape index (κ3) is 3.47. The highest BCUT2D eigenvalue weighted by molar-refractivity contribution is 7.86. The summed E-state index contributed by atoms with van der Waals surface area (Å²) in [6, 6.07) is 2.18. The Balaban J connectivity index is 2.12. The van der Waals surface area contributed by atoms with Gasteiger partial charge in [0.1, 0.15) is 0 Å². The van der Waals surface area contributed by atoms with E-state index in [2.05, 4.69) is 13.8 Å². The smallest absolute Gasteiger partial charge is 0.198 e. The molecular formula is C13H23N3O2S. The SMILES string of the molecule is CC1CC(C)CN(S(=O)(=O)N(CCC#N)C2CC2)C1. The molecule has 0 aromatic heterocycles. The second-order valence-electron chi connectivity index (χ2n) is 6.02. The average Bonchev–Trinajstić information content (AvgIpc) is 3.12. The Hall–Kier alpha value is -0.640. The van der Waals surface area contributed by atoms with Crippen molar-refractivity contribution in [1.29, 1.82) is 5.26 Å². The first-order chi connectivity index (χ1) is 8.95. The zero-order valence-electron chi connectivity index (χ0n) is 11.7. The molecule has 2 rings (SSSR count). The largest absolute Gasteiger partial charge is 0.282 e. The Morgan fingerprint density at radius 2 is 1.84 bits per heavy atom. The van der Waals surface area contributed by atoms with Gasteiger partial charge in [-0.1, -0.05) is 13.8 Å². The van der Waals surface area contributed by atoms with Crippen LogP contribution in [0.1, 0.15) is 39.5 Å². The molecule has 0 aromatic rings. The molecule has 108 valence electrons. The molecule has 19 heavy (non-hydrogen) atoms. The summed E-state index contributed by atoms with van der Waals surface area (Å²) in [6.45, 7) is 5.78. The van der Waals surface area contributed by atoms with Crippen molar-refractivity contribution >= 4 is 10.2 Å². The maximum Gasteiger partial charge on any atom is 0.282 e. The summed E-state index contributed by atoms with van der Waals surface area (Å²) in [5.74, 6) is 0.825. The van der Waals surface area contributed by atoms with Crippen LogP contribution >= 0.6 is 0 Å². The predicted octanol–water partition coefficient (Wildman–Crippen LogP) is 1.59. The van der Waals surface area contributed by atoms with Crippen LogP contribution in [0.3, 0.4) is 0 Å². The minimum Gasteiger partial charge on any atom is -0.198 e. The lowest BCUT2D eigenvalue weighted by molar-refractivity contribution is 0.208. The van der Waals surface area contributed by atoms with Crippen molar-refractivity contribution in [1.82, 2.24) is 8.61 Å². The number of hydrogen-bond acceptors (Lipinski definition) is 3. The monoisotopic (exact) mass is 285 g/mol. The van der Waals surface area contributed by atoms with E-state index >= 15 is 0 Å². The number of hydrogen-bond donors (Lipinski definition) is 0. The fraction of sp³-hybridized carbons (Fsp3) is 0.923. The van der Waals surface area contributed by atoms with Crippen LogP contribution in [0.5, 0.6) is 0 Å². The average molecular weight is 285 g/mol. The van der Waals surface area contributed by atoms with E-state index in [1.54, 1.807) is 8.61 Å². The number of nitrogens with zero attached hydrogens (tertiary/aromatic N) is 3. The van der Waals surface area contributed by atoms with Gasteiger partial charge >= 0.3 is 0 Å². The summed E-state index contributed by atoms with van der Waals surface area (Å²) >= 11 is 0. The Bertz CT molecular complexity index is 443. The molecule has 6 heteroatoms. The fourth-order valence-corrected chi connectivity index (χ4v) is 5.04. The minimum atomic E-state index is -3.38. The van der Waals surface area contributed by atoms with E-state index in [0.29, 0.717) is 31.5 Å². The molecule has 2 atom stereocenters. The summed E-state index contributed by atoms with van der Waals surface area (Å²) in [5.41, 5.74) is 0. The van der Waals surface area contributed by atoms with Crippen LogP contribution in [0.4, 0.5) is 0 Å². The topological polar surface area (TPSA) is 64.4 Å². The maximum atomic E-state index is 12.7. The Kier molecular flexibility index (Phi) is 4.49. The van der Waals surface area contributed by atoms with Crippen molar-refractivity contribution in [3.63, 3.8) is 0 Å². The molecule has 0 radical (unpaired) electrons. The van der Waals surface area contributed by atoms with Gasteiger partial charge in [0, 0.05) is 32.1 Å². The van der Waals surface area contributed by atoms with Crippen LogP contribution in [0.15, 0.2) is 0 Å². The first kappa shape index (κ1) is 14.8. The van der Waals surface area contributed by atoms with Crippen LogP contribution in [-0.4, -0.2) is 42.7 Å². The summed E-state index contributed by atoms with van der Waals surface area (Å²) in [6.07, 6.45) is 3.23. The van der Waals surface area contributed by atoms with Crippen LogP contribution in [-0.2, 0) is 10.2 Å². The van der Waals surface area contributed by atoms with E-state index < -0.39 is 10.2 Å². The molecule has 0 N–H and O–H groups in total. The number of nitriles is 1. The predicted molar refractivity (Wildman–Crippen MR) is 73.4 cm³/mol. The molecule has 2 fully saturated rings. The quantitative estimate of drug-likeness (QED) is 0.770. The van der Waals surface area contributed by atoms with Gasteiger partial charge < -0.3 is 0 Å². The first-order valence-corrected chi connectivity index (χ1v) is 8.48. The van der Waals surface area contributed by atoms with E-state index in [1.165, 1.54) is 0 Å². The van der Waals surface area contributed by atoms with Crippen molar-refractivity contribution in [2.45, 2.75) is 45.6 Å². The highest BCUT2D eigenvalue weighted by Crippen LogP contribution is 2.32. The highest BCUT2D eigenvalue weighted by atomic mass is 32.2. The van der Waals surface area contributed by atoms with Crippen LogP contribution in [0.2, 0.25) is 0 Å². The van der Waals surface area contributed by atoms with Gasteiger partial charge in [-0.15, -0.1) is 0 Å². The molecule has 1 aliphatic heterocycles. The molecule has 2 aliphatic rings. The molecule has 1 aliphatic carbocycles. The highest BCUT2D eigenvalue weighted by Gasteiger charge is 2.41. The normalized spacial score (nSPS) is 29.4. The van der Waals surface area contributed by atoms with Gasteiger partial charge in [-0.2, -0.15) is 22.3 Å².